The second kappa shape index (κ2) is 4.95. The quantitative estimate of drug-likeness (QED) is 0.712. The molecule has 0 aromatic heterocycles. The van der Waals surface area contributed by atoms with Gasteiger partial charge in [-0.2, -0.15) is 0 Å². The van der Waals surface area contributed by atoms with Crippen molar-refractivity contribution in [3.63, 3.8) is 0 Å². The van der Waals surface area contributed by atoms with Crippen molar-refractivity contribution < 1.29 is 10.2 Å². The van der Waals surface area contributed by atoms with Gasteiger partial charge in [-0.05, 0) is 61.3 Å². The fourth-order valence-corrected chi connectivity index (χ4v) is 5.46. The highest BCUT2D eigenvalue weighted by Gasteiger charge is 2.57. The standard InChI is InChI=1S/C20H32O2/c1-13(2)20(22)10-9-18(4)12-15-14(3)7-6-8-19(15,5)17(21)11-16(18)20/h11,13,15,17,21-22H,3,6-10,12H2,1-2,4-5H3. The van der Waals surface area contributed by atoms with Crippen LogP contribution >= 0.6 is 0 Å². The zero-order chi connectivity index (χ0) is 16.3. The van der Waals surface area contributed by atoms with Gasteiger partial charge in [0.05, 0.1) is 11.7 Å². The molecule has 124 valence electrons. The molecule has 0 spiro atoms. The fourth-order valence-electron chi connectivity index (χ4n) is 5.46. The Bertz CT molecular complexity index is 520. The lowest BCUT2D eigenvalue weighted by molar-refractivity contribution is 0.00861. The number of hydrogen-bond acceptors (Lipinski definition) is 2. The van der Waals surface area contributed by atoms with Crippen LogP contribution in [-0.2, 0) is 0 Å². The van der Waals surface area contributed by atoms with Crippen molar-refractivity contribution in [2.24, 2.45) is 22.7 Å². The average molecular weight is 304 g/mol. The van der Waals surface area contributed by atoms with Gasteiger partial charge in [0.25, 0.3) is 0 Å². The van der Waals surface area contributed by atoms with Crippen molar-refractivity contribution >= 4 is 0 Å². The Hall–Kier alpha value is -0.600. The monoisotopic (exact) mass is 304 g/mol. The molecule has 0 saturated heterocycles. The minimum atomic E-state index is -0.749. The highest BCUT2D eigenvalue weighted by Crippen LogP contribution is 2.61. The average Bonchev–Trinajstić information content (AvgIpc) is 2.64. The van der Waals surface area contributed by atoms with Crippen LogP contribution in [0.15, 0.2) is 23.8 Å². The summed E-state index contributed by atoms with van der Waals surface area (Å²) < 4.78 is 0. The molecule has 0 radical (unpaired) electrons. The molecule has 3 aliphatic carbocycles. The third-order valence-corrected chi connectivity index (χ3v) is 7.29. The van der Waals surface area contributed by atoms with E-state index in [0.717, 1.165) is 44.1 Å². The first kappa shape index (κ1) is 16.3. The van der Waals surface area contributed by atoms with Gasteiger partial charge < -0.3 is 10.2 Å². The molecule has 2 nitrogen and oxygen atoms in total. The van der Waals surface area contributed by atoms with Crippen molar-refractivity contribution in [3.8, 4) is 0 Å². The van der Waals surface area contributed by atoms with Crippen molar-refractivity contribution in [2.75, 3.05) is 0 Å². The molecule has 0 aliphatic heterocycles. The van der Waals surface area contributed by atoms with Crippen LogP contribution in [0.25, 0.3) is 0 Å². The number of fused-ring (bicyclic) bond motifs is 2. The summed E-state index contributed by atoms with van der Waals surface area (Å²) in [6.45, 7) is 13.0. The van der Waals surface area contributed by atoms with Crippen molar-refractivity contribution in [1.29, 1.82) is 0 Å². The van der Waals surface area contributed by atoms with Gasteiger partial charge in [-0.3, -0.25) is 0 Å². The Morgan fingerprint density at radius 3 is 2.55 bits per heavy atom. The van der Waals surface area contributed by atoms with Crippen molar-refractivity contribution in [2.45, 2.75) is 77.9 Å². The molecule has 0 aromatic rings. The zero-order valence-corrected chi connectivity index (χ0v) is 14.7. The van der Waals surface area contributed by atoms with E-state index in [4.69, 9.17) is 0 Å². The van der Waals surface area contributed by atoms with E-state index in [0.29, 0.717) is 5.92 Å². The number of aliphatic hydroxyl groups excluding tert-OH is 1. The Kier molecular flexibility index (Phi) is 3.66. The Morgan fingerprint density at radius 2 is 1.91 bits per heavy atom. The van der Waals surface area contributed by atoms with E-state index in [1.54, 1.807) is 0 Å². The molecule has 0 aromatic carbocycles. The van der Waals surface area contributed by atoms with Gasteiger partial charge in [-0.25, -0.2) is 0 Å². The fraction of sp³-hybridized carbons (Fsp3) is 0.800. The second-order valence-electron chi connectivity index (χ2n) is 8.94. The van der Waals surface area contributed by atoms with Gasteiger partial charge in [0.1, 0.15) is 0 Å². The van der Waals surface area contributed by atoms with Crippen LogP contribution in [-0.4, -0.2) is 21.9 Å². The van der Waals surface area contributed by atoms with Crippen LogP contribution in [0.3, 0.4) is 0 Å². The van der Waals surface area contributed by atoms with Crippen molar-refractivity contribution in [1.82, 2.24) is 0 Å². The van der Waals surface area contributed by atoms with Crippen molar-refractivity contribution in [3.05, 3.63) is 23.8 Å². The third-order valence-electron chi connectivity index (χ3n) is 7.29. The number of aliphatic hydroxyl groups is 2. The first-order chi connectivity index (χ1) is 10.1. The first-order valence-electron chi connectivity index (χ1n) is 8.94. The molecule has 5 atom stereocenters. The number of allylic oxidation sites excluding steroid dienone is 1. The van der Waals surface area contributed by atoms with Gasteiger partial charge in [0.2, 0.25) is 0 Å². The minimum Gasteiger partial charge on any atom is -0.388 e. The summed E-state index contributed by atoms with van der Waals surface area (Å²) in [5.41, 5.74) is 1.55. The van der Waals surface area contributed by atoms with Crippen LogP contribution in [0, 0.1) is 22.7 Å². The lowest BCUT2D eigenvalue weighted by Crippen LogP contribution is -2.41. The van der Waals surface area contributed by atoms with E-state index < -0.39 is 11.7 Å². The van der Waals surface area contributed by atoms with E-state index in [1.807, 2.05) is 6.08 Å². The molecular weight excluding hydrogens is 272 g/mol. The van der Waals surface area contributed by atoms with E-state index in [2.05, 4.69) is 34.3 Å². The van der Waals surface area contributed by atoms with E-state index in [1.165, 1.54) is 5.57 Å². The zero-order valence-electron chi connectivity index (χ0n) is 14.7. The highest BCUT2D eigenvalue weighted by molar-refractivity contribution is 5.36. The summed E-state index contributed by atoms with van der Waals surface area (Å²) in [4.78, 5) is 0. The summed E-state index contributed by atoms with van der Waals surface area (Å²) in [6.07, 6.45) is 7.68. The summed E-state index contributed by atoms with van der Waals surface area (Å²) >= 11 is 0. The molecular formula is C20H32O2. The maximum atomic E-state index is 11.3. The SMILES string of the molecule is C=C1CCCC2(C)C(O)C=C3C(C)(CCC3(O)C(C)C)CC12. The van der Waals surface area contributed by atoms with Gasteiger partial charge in [-0.1, -0.05) is 45.9 Å². The van der Waals surface area contributed by atoms with Crippen LogP contribution in [0.2, 0.25) is 0 Å². The molecule has 22 heavy (non-hydrogen) atoms. The Morgan fingerprint density at radius 1 is 1.23 bits per heavy atom. The number of rotatable bonds is 1. The van der Waals surface area contributed by atoms with Gasteiger partial charge in [0.15, 0.2) is 0 Å². The molecule has 2 heteroatoms. The molecule has 3 rings (SSSR count). The van der Waals surface area contributed by atoms with Crippen LogP contribution in [0.1, 0.15) is 66.2 Å². The molecule has 0 amide bonds. The molecule has 0 bridgehead atoms. The maximum absolute atomic E-state index is 11.3. The topological polar surface area (TPSA) is 40.5 Å². The summed E-state index contributed by atoms with van der Waals surface area (Å²) in [5.74, 6) is 0.549. The molecule has 5 unspecified atom stereocenters. The summed E-state index contributed by atoms with van der Waals surface area (Å²) in [7, 11) is 0. The molecule has 0 heterocycles. The molecule has 2 N–H and O–H groups in total. The lowest BCUT2D eigenvalue weighted by atomic mass is 9.60. The van der Waals surface area contributed by atoms with E-state index in [-0.39, 0.29) is 16.7 Å². The smallest absolute Gasteiger partial charge is 0.0886 e. The minimum absolute atomic E-state index is 0.00269. The van der Waals surface area contributed by atoms with Crippen LogP contribution in [0.4, 0.5) is 0 Å². The van der Waals surface area contributed by atoms with Gasteiger partial charge in [0, 0.05) is 5.41 Å². The van der Waals surface area contributed by atoms with Gasteiger partial charge >= 0.3 is 0 Å². The second-order valence-corrected chi connectivity index (χ2v) is 8.94. The molecule has 3 aliphatic rings. The summed E-state index contributed by atoms with van der Waals surface area (Å²) in [5, 5.41) is 22.3. The predicted octanol–water partition coefficient (Wildman–Crippen LogP) is 4.23. The highest BCUT2D eigenvalue weighted by atomic mass is 16.3. The lowest BCUT2D eigenvalue weighted by Gasteiger charge is -2.46. The summed E-state index contributed by atoms with van der Waals surface area (Å²) in [6, 6.07) is 0. The Balaban J connectivity index is 2.10. The predicted molar refractivity (Wildman–Crippen MR) is 90.4 cm³/mol. The maximum Gasteiger partial charge on any atom is 0.0886 e. The largest absolute Gasteiger partial charge is 0.388 e. The van der Waals surface area contributed by atoms with E-state index >= 15 is 0 Å². The molecule has 2 fully saturated rings. The Labute approximate surface area is 135 Å². The van der Waals surface area contributed by atoms with Gasteiger partial charge in [-0.15, -0.1) is 0 Å². The molecule has 2 saturated carbocycles. The van der Waals surface area contributed by atoms with E-state index in [9.17, 15) is 10.2 Å². The van der Waals surface area contributed by atoms with Crippen LogP contribution in [0.5, 0.6) is 0 Å². The first-order valence-corrected chi connectivity index (χ1v) is 8.94. The van der Waals surface area contributed by atoms with Crippen LogP contribution < -0.4 is 0 Å². The third kappa shape index (κ3) is 2.06. The number of hydrogen-bond donors (Lipinski definition) is 2. The normalized spacial score (nSPS) is 48.7.